The molecule has 0 spiro atoms. The maximum absolute atomic E-state index is 5.95. The first-order valence-electron chi connectivity index (χ1n) is 5.71. The van der Waals surface area contributed by atoms with Crippen LogP contribution in [0.5, 0.6) is 11.5 Å². The van der Waals surface area contributed by atoms with E-state index in [0.717, 1.165) is 15.8 Å². The van der Waals surface area contributed by atoms with Crippen LogP contribution in [0.1, 0.15) is 5.56 Å². The monoisotopic (exact) mass is 375 g/mol. The summed E-state index contributed by atoms with van der Waals surface area (Å²) in [6.07, 6.45) is 0. The number of benzene rings is 2. The normalized spacial score (nSPS) is 10.4. The molecule has 0 aliphatic rings. The number of halogens is 3. The minimum absolute atomic E-state index is 0.333. The van der Waals surface area contributed by atoms with Crippen LogP contribution in [0.2, 0.25) is 10.0 Å². The van der Waals surface area contributed by atoms with E-state index in [1.54, 1.807) is 19.2 Å². The first-order valence-corrected chi connectivity index (χ1v) is 7.26. The molecule has 0 unspecified atom stereocenters. The van der Waals surface area contributed by atoms with Crippen molar-refractivity contribution in [3.05, 3.63) is 50.4 Å². The van der Waals surface area contributed by atoms with Gasteiger partial charge in [0.1, 0.15) is 18.1 Å². The molecule has 0 bridgehead atoms. The lowest BCUT2D eigenvalue weighted by Crippen LogP contribution is -2.00. The third kappa shape index (κ3) is 3.51. The van der Waals surface area contributed by atoms with Gasteiger partial charge < -0.3 is 15.2 Å². The zero-order valence-electron chi connectivity index (χ0n) is 10.6. The fourth-order valence-electron chi connectivity index (χ4n) is 1.61. The van der Waals surface area contributed by atoms with Crippen molar-refractivity contribution in [2.24, 2.45) is 0 Å². The van der Waals surface area contributed by atoms with Crippen LogP contribution < -0.4 is 15.2 Å². The number of hydrogen-bond acceptors (Lipinski definition) is 3. The van der Waals surface area contributed by atoms with E-state index < -0.39 is 0 Å². The topological polar surface area (TPSA) is 44.5 Å². The molecule has 106 valence electrons. The van der Waals surface area contributed by atoms with Gasteiger partial charge in [-0.25, -0.2) is 0 Å². The number of hydrogen-bond donors (Lipinski definition) is 1. The van der Waals surface area contributed by atoms with E-state index in [1.165, 1.54) is 0 Å². The SMILES string of the molecule is COc1ccc(Br)c(COc2cc(Cl)c(Cl)cc2N)c1. The Balaban J connectivity index is 2.18. The number of ether oxygens (including phenoxy) is 2. The Kier molecular flexibility index (Phi) is 5.02. The molecule has 20 heavy (non-hydrogen) atoms. The molecule has 6 heteroatoms. The predicted octanol–water partition coefficient (Wildman–Crippen LogP) is 4.93. The quantitative estimate of drug-likeness (QED) is 0.769. The molecule has 0 saturated carbocycles. The standard InChI is InChI=1S/C14H12BrCl2NO2/c1-19-9-2-3-10(15)8(4-9)7-20-14-6-12(17)11(16)5-13(14)18/h2-6H,7,18H2,1H3. The van der Waals surface area contributed by atoms with Gasteiger partial charge in [0, 0.05) is 16.1 Å². The van der Waals surface area contributed by atoms with Gasteiger partial charge in [0.05, 0.1) is 22.8 Å². The second-order valence-corrected chi connectivity index (χ2v) is 5.72. The third-order valence-corrected chi connectivity index (χ3v) is 4.18. The van der Waals surface area contributed by atoms with E-state index in [4.69, 9.17) is 38.4 Å². The number of rotatable bonds is 4. The Morgan fingerprint density at radius 1 is 1.15 bits per heavy atom. The van der Waals surface area contributed by atoms with Gasteiger partial charge in [-0.05, 0) is 24.3 Å². The van der Waals surface area contributed by atoms with Gasteiger partial charge in [-0.15, -0.1) is 0 Å². The lowest BCUT2D eigenvalue weighted by molar-refractivity contribution is 0.306. The van der Waals surface area contributed by atoms with E-state index in [0.29, 0.717) is 28.1 Å². The Bertz CT molecular complexity index is 635. The highest BCUT2D eigenvalue weighted by Crippen LogP contribution is 2.33. The van der Waals surface area contributed by atoms with Crippen LogP contribution in [-0.2, 0) is 6.61 Å². The van der Waals surface area contributed by atoms with Crippen LogP contribution in [0.4, 0.5) is 5.69 Å². The van der Waals surface area contributed by atoms with Crippen LogP contribution in [0.25, 0.3) is 0 Å². The second kappa shape index (κ2) is 6.57. The molecule has 2 N–H and O–H groups in total. The summed E-state index contributed by atoms with van der Waals surface area (Å²) in [5, 5.41) is 0.805. The lowest BCUT2D eigenvalue weighted by Gasteiger charge is -2.12. The van der Waals surface area contributed by atoms with Crippen LogP contribution in [0.3, 0.4) is 0 Å². The zero-order chi connectivity index (χ0) is 14.7. The van der Waals surface area contributed by atoms with Crippen molar-refractivity contribution in [3.63, 3.8) is 0 Å². The Hall–Kier alpha value is -1.10. The van der Waals surface area contributed by atoms with E-state index in [9.17, 15) is 0 Å². The van der Waals surface area contributed by atoms with Gasteiger partial charge >= 0.3 is 0 Å². The Morgan fingerprint density at radius 3 is 2.55 bits per heavy atom. The maximum Gasteiger partial charge on any atom is 0.144 e. The summed E-state index contributed by atoms with van der Waals surface area (Å²) in [6.45, 7) is 0.333. The van der Waals surface area contributed by atoms with Gasteiger partial charge in [0.2, 0.25) is 0 Å². The molecular formula is C14H12BrCl2NO2. The Morgan fingerprint density at radius 2 is 1.85 bits per heavy atom. The van der Waals surface area contributed by atoms with Crippen LogP contribution in [-0.4, -0.2) is 7.11 Å². The van der Waals surface area contributed by atoms with Gasteiger partial charge in [-0.3, -0.25) is 0 Å². The van der Waals surface area contributed by atoms with Crippen molar-refractivity contribution in [1.82, 2.24) is 0 Å². The smallest absolute Gasteiger partial charge is 0.144 e. The molecule has 0 saturated heterocycles. The summed E-state index contributed by atoms with van der Waals surface area (Å²) >= 11 is 15.3. The van der Waals surface area contributed by atoms with Crippen molar-refractivity contribution in [2.75, 3.05) is 12.8 Å². The molecule has 0 heterocycles. The van der Waals surface area contributed by atoms with E-state index in [2.05, 4.69) is 15.9 Å². The van der Waals surface area contributed by atoms with Crippen molar-refractivity contribution < 1.29 is 9.47 Å². The van der Waals surface area contributed by atoms with Crippen molar-refractivity contribution >= 4 is 44.8 Å². The van der Waals surface area contributed by atoms with E-state index in [1.807, 2.05) is 18.2 Å². The van der Waals surface area contributed by atoms with Crippen LogP contribution in [0.15, 0.2) is 34.8 Å². The van der Waals surface area contributed by atoms with Gasteiger partial charge in [-0.1, -0.05) is 39.1 Å². The first kappa shape index (κ1) is 15.3. The number of nitrogen functional groups attached to an aromatic ring is 1. The molecule has 2 aromatic carbocycles. The van der Waals surface area contributed by atoms with Crippen LogP contribution in [0, 0.1) is 0 Å². The fraction of sp³-hybridized carbons (Fsp3) is 0.143. The largest absolute Gasteiger partial charge is 0.497 e. The summed E-state index contributed by atoms with van der Waals surface area (Å²) < 4.78 is 11.8. The van der Waals surface area contributed by atoms with E-state index in [-0.39, 0.29) is 0 Å². The highest BCUT2D eigenvalue weighted by molar-refractivity contribution is 9.10. The van der Waals surface area contributed by atoms with E-state index >= 15 is 0 Å². The van der Waals surface area contributed by atoms with Crippen molar-refractivity contribution in [3.8, 4) is 11.5 Å². The molecule has 0 aromatic heterocycles. The average molecular weight is 377 g/mol. The second-order valence-electron chi connectivity index (χ2n) is 4.05. The first-order chi connectivity index (χ1) is 9.51. The molecule has 0 aliphatic carbocycles. The molecule has 0 fully saturated rings. The summed E-state index contributed by atoms with van der Waals surface area (Å²) in [4.78, 5) is 0. The summed E-state index contributed by atoms with van der Waals surface area (Å²) in [6, 6.07) is 8.82. The minimum Gasteiger partial charge on any atom is -0.497 e. The highest BCUT2D eigenvalue weighted by Gasteiger charge is 2.08. The summed E-state index contributed by atoms with van der Waals surface area (Å²) in [5.74, 6) is 1.25. The molecule has 2 aromatic rings. The van der Waals surface area contributed by atoms with Gasteiger partial charge in [-0.2, -0.15) is 0 Å². The fourth-order valence-corrected chi connectivity index (χ4v) is 2.30. The molecule has 3 nitrogen and oxygen atoms in total. The average Bonchev–Trinajstić information content (AvgIpc) is 2.43. The highest BCUT2D eigenvalue weighted by atomic mass is 79.9. The van der Waals surface area contributed by atoms with Crippen molar-refractivity contribution in [1.29, 1.82) is 0 Å². The summed E-state index contributed by atoms with van der Waals surface area (Å²) in [5.41, 5.74) is 7.23. The lowest BCUT2D eigenvalue weighted by atomic mass is 10.2. The molecule has 0 amide bonds. The molecule has 0 atom stereocenters. The Labute approximate surface area is 135 Å². The molecule has 2 rings (SSSR count). The number of anilines is 1. The third-order valence-electron chi connectivity index (χ3n) is 2.69. The summed E-state index contributed by atoms with van der Waals surface area (Å²) in [7, 11) is 1.62. The van der Waals surface area contributed by atoms with Gasteiger partial charge in [0.25, 0.3) is 0 Å². The predicted molar refractivity (Wildman–Crippen MR) is 85.9 cm³/mol. The maximum atomic E-state index is 5.95. The number of methoxy groups -OCH3 is 1. The van der Waals surface area contributed by atoms with Crippen molar-refractivity contribution in [2.45, 2.75) is 6.61 Å². The molecule has 0 radical (unpaired) electrons. The zero-order valence-corrected chi connectivity index (χ0v) is 13.7. The molecule has 0 aliphatic heterocycles. The molecular weight excluding hydrogens is 365 g/mol. The van der Waals surface area contributed by atoms with Crippen LogP contribution >= 0.6 is 39.1 Å². The number of nitrogens with two attached hydrogens (primary N) is 1. The van der Waals surface area contributed by atoms with Gasteiger partial charge in [0.15, 0.2) is 0 Å². The minimum atomic E-state index is 0.333.